The maximum absolute atomic E-state index is 5.52. The Labute approximate surface area is 912 Å². The van der Waals surface area contributed by atoms with Crippen LogP contribution in [-0.4, -0.2) is 49.5 Å². The van der Waals surface area contributed by atoms with E-state index < -0.39 is 0 Å². The van der Waals surface area contributed by atoms with Crippen LogP contribution in [-0.2, 0) is 6.42 Å². The molecule has 1 aromatic heterocycles. The zero-order valence-electron chi connectivity index (χ0n) is 95.7. The maximum Gasteiger partial charge on any atom is 0.232 e. The van der Waals surface area contributed by atoms with Crippen molar-refractivity contribution in [2.75, 3.05) is 45.2 Å². The van der Waals surface area contributed by atoms with Gasteiger partial charge in [-0.15, -0.1) is 70.6 Å². The molecule has 4 rings (SSSR count). The summed E-state index contributed by atoms with van der Waals surface area (Å²) in [5, 5.41) is 8.02. The quantitative estimate of drug-likeness (QED) is 0.0328. The van der Waals surface area contributed by atoms with Gasteiger partial charge in [0.25, 0.3) is 0 Å². The van der Waals surface area contributed by atoms with E-state index in [0.29, 0.717) is 17.7 Å². The van der Waals surface area contributed by atoms with Crippen molar-refractivity contribution in [1.82, 2.24) is 15.0 Å². The van der Waals surface area contributed by atoms with Gasteiger partial charge in [0.15, 0.2) is 5.82 Å². The molecule has 0 unspecified atom stereocenters. The van der Waals surface area contributed by atoms with Crippen molar-refractivity contribution in [3.8, 4) is 11.4 Å². The van der Waals surface area contributed by atoms with Crippen LogP contribution in [0.25, 0.3) is 11.4 Å². The van der Waals surface area contributed by atoms with Crippen molar-refractivity contribution in [2.24, 2.45) is 0 Å². The van der Waals surface area contributed by atoms with Crippen LogP contribution in [0, 0.1) is 0 Å². The predicted octanol–water partition coefficient (Wildman–Crippen LogP) is 49.7. The van der Waals surface area contributed by atoms with Gasteiger partial charge in [0.05, 0.1) is 0 Å². The molecule has 822 valence electrons. The van der Waals surface area contributed by atoms with Crippen LogP contribution < -0.4 is 10.6 Å². The van der Waals surface area contributed by atoms with E-state index in [1.807, 2.05) is 0 Å². The fourth-order valence-electron chi connectivity index (χ4n) is 20.8. The second kappa shape index (κ2) is 105. The predicted molar refractivity (Wildman–Crippen MR) is 656 cm³/mol. The van der Waals surface area contributed by atoms with Crippen LogP contribution in [0.2, 0.25) is 0 Å². The first-order chi connectivity index (χ1) is 70.5. The van der Waals surface area contributed by atoms with E-state index in [2.05, 4.69) is 178 Å². The van der Waals surface area contributed by atoms with Gasteiger partial charge in [-0.3, -0.25) is 0 Å². The van der Waals surface area contributed by atoms with Gasteiger partial charge in [-0.25, -0.2) is 0 Å². The number of nitrogens with one attached hydrogen (secondary N) is 2. The fraction of sp³-hybridized carbons (Fsp3) is 0.840. The van der Waals surface area contributed by atoms with Gasteiger partial charge in [0, 0.05) is 46.3 Å². The van der Waals surface area contributed by atoms with Crippen molar-refractivity contribution >= 4 is 93.8 Å². The standard InChI is InChI=1S/C131H237N5S6/c1-8-15-21-27-33-39-45-51-57-63-69-75-81-87-93-99-109-137-123-115-121(116-124(138-110-100-94-88-82-76-70-64-58-52-46-40-34-28-22-16-9-2)127(123)141-113-103-97-91-85-79-73-67-61-55-49-43-37-31-25-19-12-5)132-130-134-129(120-107-105-119(14-7)106-108-120)135-131(136-130)133-122-117-125(139-111-101-95-89-83-77-71-65-59-53-47-41-35-29-23-17-10-3)128(142-114-104-98-92-86-80-74-68-62-56-50-44-38-32-26-20-13-6)126(118-122)140-112-102-96-90-84-78-72-66-60-54-48-42-36-30-24-18-11-4/h105-108,115-118H,8-104,109-114H2,1-7H3,(H2,132,133,134,135,136). The van der Waals surface area contributed by atoms with E-state index in [1.165, 1.54) is 663 Å². The van der Waals surface area contributed by atoms with E-state index >= 15 is 0 Å². The molecule has 3 aromatic carbocycles. The van der Waals surface area contributed by atoms with Crippen LogP contribution in [0.5, 0.6) is 0 Å². The third-order valence-corrected chi connectivity index (χ3v) is 37.8. The summed E-state index contributed by atoms with van der Waals surface area (Å²) < 4.78 is 0. The van der Waals surface area contributed by atoms with Crippen molar-refractivity contribution < 1.29 is 0 Å². The molecular weight excluding hydrogens is 1840 g/mol. The first kappa shape index (κ1) is 133. The number of hydrogen-bond donors (Lipinski definition) is 2. The normalized spacial score (nSPS) is 11.7. The average molecular weight is 2070 g/mol. The number of nitrogens with zero attached hydrogens (tertiary/aromatic N) is 3. The highest BCUT2D eigenvalue weighted by molar-refractivity contribution is 8.04. The lowest BCUT2D eigenvalue weighted by atomic mass is 10.0. The largest absolute Gasteiger partial charge is 0.324 e. The zero-order valence-corrected chi connectivity index (χ0v) is 101. The van der Waals surface area contributed by atoms with Crippen molar-refractivity contribution in [2.45, 2.75) is 701 Å². The van der Waals surface area contributed by atoms with E-state index in [1.54, 1.807) is 0 Å². The summed E-state index contributed by atoms with van der Waals surface area (Å²) in [6.07, 6.45) is 136. The molecule has 2 N–H and O–H groups in total. The molecule has 1 heterocycles. The summed E-state index contributed by atoms with van der Waals surface area (Å²) in [4.78, 5) is 25.3. The highest BCUT2D eigenvalue weighted by atomic mass is 32.2. The molecule has 0 saturated carbocycles. The molecule has 4 aromatic rings. The molecule has 0 bridgehead atoms. The lowest BCUT2D eigenvalue weighted by molar-refractivity contribution is 0.531. The van der Waals surface area contributed by atoms with Gasteiger partial charge in [0.1, 0.15) is 0 Å². The van der Waals surface area contributed by atoms with Gasteiger partial charge in [0.2, 0.25) is 11.9 Å². The molecule has 0 spiro atoms. The summed E-state index contributed by atoms with van der Waals surface area (Å²) in [6, 6.07) is 19.1. The zero-order chi connectivity index (χ0) is 101. The molecular formula is C131H237N5S6. The van der Waals surface area contributed by atoms with Gasteiger partial charge >= 0.3 is 0 Å². The summed E-state index contributed by atoms with van der Waals surface area (Å²) in [6.45, 7) is 16.3. The van der Waals surface area contributed by atoms with Crippen LogP contribution in [0.4, 0.5) is 23.3 Å². The molecule has 0 aliphatic carbocycles. The molecule has 5 nitrogen and oxygen atoms in total. The number of anilines is 4. The Balaban J connectivity index is 1.69. The molecule has 0 radical (unpaired) electrons. The van der Waals surface area contributed by atoms with Gasteiger partial charge < -0.3 is 10.6 Å². The number of rotatable bonds is 114. The van der Waals surface area contributed by atoms with Crippen LogP contribution in [0.15, 0.2) is 77.9 Å². The van der Waals surface area contributed by atoms with E-state index in [-0.39, 0.29) is 0 Å². The molecule has 0 aliphatic heterocycles. The topological polar surface area (TPSA) is 62.7 Å². The molecule has 0 atom stereocenters. The van der Waals surface area contributed by atoms with Crippen LogP contribution in [0.3, 0.4) is 0 Å². The van der Waals surface area contributed by atoms with Gasteiger partial charge in [-0.05, 0) is 109 Å². The molecule has 11 heteroatoms. The Kier molecular flexibility index (Phi) is 98.1. The Morgan fingerprint density at radius 1 is 0.169 bits per heavy atom. The summed E-state index contributed by atoms with van der Waals surface area (Å²) in [5.74, 6) is 8.95. The minimum Gasteiger partial charge on any atom is -0.324 e. The highest BCUT2D eigenvalue weighted by Crippen LogP contribution is 2.46. The van der Waals surface area contributed by atoms with Gasteiger partial charge in [-0.2, -0.15) is 15.0 Å². The van der Waals surface area contributed by atoms with E-state index in [4.69, 9.17) is 15.0 Å². The number of aromatic nitrogens is 3. The second-order valence-corrected chi connectivity index (χ2v) is 50.9. The minimum atomic E-state index is 0.616. The van der Waals surface area contributed by atoms with Gasteiger partial charge in [-0.1, -0.05) is 651 Å². The molecule has 0 aliphatic rings. The first-order valence-electron chi connectivity index (χ1n) is 64.0. The van der Waals surface area contributed by atoms with Crippen molar-refractivity contribution in [3.05, 3.63) is 54.1 Å². The SMILES string of the molecule is CCCCCCCCCCCCCCCCCCSc1cc(Nc2nc(Nc3cc(SCCCCCCCCCCCCCCCCCC)c(SCCCCCCCCCCCCCCCCCC)c(SCCCCCCCCCCCCCCCCCC)c3)nc(-c3ccc(CC)cc3)n2)cc(SCCCCCCCCCCCCCCCCCC)c1SCCCCCCCCCCCCCCCCCC. The highest BCUT2D eigenvalue weighted by Gasteiger charge is 2.20. The van der Waals surface area contributed by atoms with E-state index in [0.717, 1.165) is 46.4 Å². The summed E-state index contributed by atoms with van der Waals surface area (Å²) in [5.41, 5.74) is 4.57. The Hall–Kier alpha value is -1.63. The third kappa shape index (κ3) is 80.3. The summed E-state index contributed by atoms with van der Waals surface area (Å²) >= 11 is 12.9. The monoisotopic (exact) mass is 2070 g/mol. The Bertz CT molecular complexity index is 2970. The second-order valence-electron chi connectivity index (χ2n) is 44.1. The van der Waals surface area contributed by atoms with Crippen LogP contribution in [0.1, 0.15) is 670 Å². The average Bonchev–Trinajstić information content (AvgIpc) is 0.801. The smallest absolute Gasteiger partial charge is 0.232 e. The number of thioether (sulfide) groups is 6. The lowest BCUT2D eigenvalue weighted by Gasteiger charge is -2.19. The fourth-order valence-corrected chi connectivity index (χ4v) is 28.3. The molecule has 0 amide bonds. The number of benzene rings is 3. The number of aryl methyl sites for hydroxylation is 1. The lowest BCUT2D eigenvalue weighted by Crippen LogP contribution is -2.06. The van der Waals surface area contributed by atoms with Crippen molar-refractivity contribution in [3.63, 3.8) is 0 Å². The molecule has 0 fully saturated rings. The van der Waals surface area contributed by atoms with Crippen LogP contribution >= 0.6 is 70.6 Å². The number of hydrogen-bond acceptors (Lipinski definition) is 11. The third-order valence-electron chi connectivity index (χ3n) is 30.3. The first-order valence-corrected chi connectivity index (χ1v) is 69.9. The van der Waals surface area contributed by atoms with E-state index in [9.17, 15) is 0 Å². The minimum absolute atomic E-state index is 0.616. The Morgan fingerprint density at radius 2 is 0.317 bits per heavy atom. The summed E-state index contributed by atoms with van der Waals surface area (Å²) in [7, 11) is 0. The molecule has 142 heavy (non-hydrogen) atoms. The maximum atomic E-state index is 5.52. The van der Waals surface area contributed by atoms with Crippen molar-refractivity contribution in [1.29, 1.82) is 0 Å². The molecule has 0 saturated heterocycles. The Morgan fingerprint density at radius 3 is 0.472 bits per heavy atom. The number of unbranched alkanes of at least 4 members (excludes halogenated alkanes) is 90.